The summed E-state index contributed by atoms with van der Waals surface area (Å²) in [5, 5.41) is 0. The normalized spacial score (nSPS) is 21.7. The van der Waals surface area contributed by atoms with Crippen LogP contribution in [0.15, 0.2) is 24.3 Å². The molecule has 0 aliphatic carbocycles. The zero-order chi connectivity index (χ0) is 16.4. The second-order valence-electron chi connectivity index (χ2n) is 6.04. The van der Waals surface area contributed by atoms with E-state index in [1.54, 1.807) is 19.1 Å². The highest BCUT2D eigenvalue weighted by molar-refractivity contribution is 5.90. The third-order valence-corrected chi connectivity index (χ3v) is 4.79. The lowest BCUT2D eigenvalue weighted by Crippen LogP contribution is -2.53. The number of anilines is 1. The minimum Gasteiger partial charge on any atom is -0.495 e. The number of ether oxygens (including phenoxy) is 1. The van der Waals surface area contributed by atoms with Crippen molar-refractivity contribution in [3.63, 3.8) is 0 Å². The van der Waals surface area contributed by atoms with Crippen molar-refractivity contribution < 1.29 is 14.3 Å². The van der Waals surface area contributed by atoms with Crippen molar-refractivity contribution in [1.29, 1.82) is 0 Å². The molecule has 1 aromatic carbocycles. The third kappa shape index (κ3) is 2.98. The van der Waals surface area contributed by atoms with Gasteiger partial charge in [-0.05, 0) is 18.6 Å². The number of nitrogens with zero attached hydrogens (tertiary/aromatic N) is 3. The molecule has 6 nitrogen and oxygen atoms in total. The Hall–Kier alpha value is -2.24. The maximum absolute atomic E-state index is 12.6. The summed E-state index contributed by atoms with van der Waals surface area (Å²) in [7, 11) is 3.40. The smallest absolute Gasteiger partial charge is 0.245 e. The Kier molecular flexibility index (Phi) is 4.41. The van der Waals surface area contributed by atoms with E-state index in [4.69, 9.17) is 4.74 Å². The summed E-state index contributed by atoms with van der Waals surface area (Å²) in [6, 6.07) is 7.66. The summed E-state index contributed by atoms with van der Waals surface area (Å²) in [5.74, 6) is 1.00. The highest BCUT2D eigenvalue weighted by atomic mass is 16.5. The van der Waals surface area contributed by atoms with Gasteiger partial charge in [0.05, 0.1) is 12.8 Å². The van der Waals surface area contributed by atoms with Crippen molar-refractivity contribution in [2.75, 3.05) is 45.2 Å². The molecule has 2 heterocycles. The zero-order valence-corrected chi connectivity index (χ0v) is 13.7. The number of carbonyl (C=O) groups excluding carboxylic acids is 2. The van der Waals surface area contributed by atoms with Crippen LogP contribution in [-0.4, -0.2) is 68.0 Å². The maximum Gasteiger partial charge on any atom is 0.245 e. The number of piperazine rings is 1. The van der Waals surface area contributed by atoms with Gasteiger partial charge in [0.1, 0.15) is 11.8 Å². The van der Waals surface area contributed by atoms with Crippen LogP contribution in [-0.2, 0) is 9.59 Å². The molecule has 0 N–H and O–H groups in total. The van der Waals surface area contributed by atoms with Gasteiger partial charge in [0.15, 0.2) is 0 Å². The van der Waals surface area contributed by atoms with Gasteiger partial charge in [0.25, 0.3) is 0 Å². The molecule has 0 bridgehead atoms. The number of para-hydroxylation sites is 2. The topological polar surface area (TPSA) is 53.1 Å². The summed E-state index contributed by atoms with van der Waals surface area (Å²) in [6.07, 6.45) is 1.12. The molecule has 2 aliphatic rings. The number of rotatable bonds is 3. The van der Waals surface area contributed by atoms with Crippen LogP contribution in [0.3, 0.4) is 0 Å². The Morgan fingerprint density at radius 2 is 1.87 bits per heavy atom. The SMILES string of the molecule is COc1ccccc1N1CCN(C(=O)C2CCC(=O)N2C)CC1. The number of hydrogen-bond donors (Lipinski definition) is 0. The molecule has 6 heteroatoms. The van der Waals surface area contributed by atoms with Gasteiger partial charge in [-0.1, -0.05) is 12.1 Å². The molecule has 1 unspecified atom stereocenters. The minimum atomic E-state index is -0.277. The quantitative estimate of drug-likeness (QED) is 0.833. The van der Waals surface area contributed by atoms with Crippen LogP contribution < -0.4 is 9.64 Å². The van der Waals surface area contributed by atoms with Gasteiger partial charge in [-0.3, -0.25) is 9.59 Å². The predicted molar refractivity (Wildman–Crippen MR) is 87.6 cm³/mol. The van der Waals surface area contributed by atoms with Gasteiger partial charge >= 0.3 is 0 Å². The summed E-state index contributed by atoms with van der Waals surface area (Å²) in [6.45, 7) is 2.90. The summed E-state index contributed by atoms with van der Waals surface area (Å²) >= 11 is 0. The summed E-state index contributed by atoms with van der Waals surface area (Å²) in [5.41, 5.74) is 1.07. The van der Waals surface area contributed by atoms with E-state index < -0.39 is 0 Å². The molecule has 0 saturated carbocycles. The van der Waals surface area contributed by atoms with Crippen LogP contribution >= 0.6 is 0 Å². The van der Waals surface area contributed by atoms with E-state index >= 15 is 0 Å². The number of benzene rings is 1. The Labute approximate surface area is 136 Å². The first-order chi connectivity index (χ1) is 11.1. The highest BCUT2D eigenvalue weighted by Gasteiger charge is 2.36. The monoisotopic (exact) mass is 317 g/mol. The lowest BCUT2D eigenvalue weighted by atomic mass is 10.1. The molecule has 23 heavy (non-hydrogen) atoms. The van der Waals surface area contributed by atoms with E-state index in [2.05, 4.69) is 4.90 Å². The van der Waals surface area contributed by atoms with Crippen molar-refractivity contribution in [2.24, 2.45) is 0 Å². The van der Waals surface area contributed by atoms with Gasteiger partial charge in [0.2, 0.25) is 11.8 Å². The molecule has 1 aromatic rings. The van der Waals surface area contributed by atoms with E-state index in [1.807, 2.05) is 29.2 Å². The maximum atomic E-state index is 12.6. The average molecular weight is 317 g/mol. The molecule has 0 radical (unpaired) electrons. The third-order valence-electron chi connectivity index (χ3n) is 4.79. The Morgan fingerprint density at radius 1 is 1.17 bits per heavy atom. The largest absolute Gasteiger partial charge is 0.495 e. The van der Waals surface area contributed by atoms with E-state index in [9.17, 15) is 9.59 Å². The molecule has 3 rings (SSSR count). The molecule has 2 amide bonds. The number of hydrogen-bond acceptors (Lipinski definition) is 4. The molecule has 1 atom stereocenters. The second kappa shape index (κ2) is 6.48. The van der Waals surface area contributed by atoms with Gasteiger partial charge in [-0.2, -0.15) is 0 Å². The first kappa shape index (κ1) is 15.6. The molecule has 0 aromatic heterocycles. The van der Waals surface area contributed by atoms with Crippen molar-refractivity contribution in [2.45, 2.75) is 18.9 Å². The van der Waals surface area contributed by atoms with E-state index in [-0.39, 0.29) is 17.9 Å². The summed E-state index contributed by atoms with van der Waals surface area (Å²) < 4.78 is 5.41. The molecular weight excluding hydrogens is 294 g/mol. The first-order valence-corrected chi connectivity index (χ1v) is 8.04. The van der Waals surface area contributed by atoms with E-state index in [1.165, 1.54) is 0 Å². The molecule has 0 spiro atoms. The molecule has 2 saturated heterocycles. The highest BCUT2D eigenvalue weighted by Crippen LogP contribution is 2.28. The number of likely N-dealkylation sites (N-methyl/N-ethyl adjacent to an activating group) is 1. The van der Waals surface area contributed by atoms with Gasteiger partial charge in [-0.15, -0.1) is 0 Å². The van der Waals surface area contributed by atoms with Crippen molar-refractivity contribution >= 4 is 17.5 Å². The summed E-state index contributed by atoms with van der Waals surface area (Å²) in [4.78, 5) is 29.9. The van der Waals surface area contributed by atoms with Crippen LogP contribution in [0.2, 0.25) is 0 Å². The fraction of sp³-hybridized carbons (Fsp3) is 0.529. The van der Waals surface area contributed by atoms with Crippen LogP contribution in [0.4, 0.5) is 5.69 Å². The fourth-order valence-electron chi connectivity index (χ4n) is 3.36. The zero-order valence-electron chi connectivity index (χ0n) is 13.7. The number of carbonyl (C=O) groups is 2. The van der Waals surface area contributed by atoms with Crippen molar-refractivity contribution in [3.8, 4) is 5.75 Å². The van der Waals surface area contributed by atoms with Crippen LogP contribution in [0.1, 0.15) is 12.8 Å². The average Bonchev–Trinajstić information content (AvgIpc) is 2.93. The second-order valence-corrected chi connectivity index (χ2v) is 6.04. The minimum absolute atomic E-state index is 0.0657. The van der Waals surface area contributed by atoms with Crippen LogP contribution in [0, 0.1) is 0 Å². The Morgan fingerprint density at radius 3 is 2.48 bits per heavy atom. The number of amides is 2. The van der Waals surface area contributed by atoms with Crippen LogP contribution in [0.25, 0.3) is 0 Å². The molecule has 2 fully saturated rings. The van der Waals surface area contributed by atoms with Gasteiger partial charge < -0.3 is 19.4 Å². The van der Waals surface area contributed by atoms with E-state index in [0.29, 0.717) is 25.9 Å². The van der Waals surface area contributed by atoms with Crippen molar-refractivity contribution in [3.05, 3.63) is 24.3 Å². The molecule has 2 aliphatic heterocycles. The van der Waals surface area contributed by atoms with Crippen LogP contribution in [0.5, 0.6) is 5.75 Å². The number of methoxy groups -OCH3 is 1. The Balaban J connectivity index is 1.62. The molecular formula is C17H23N3O3. The standard InChI is InChI=1S/C17H23N3O3/c1-18-14(7-8-16(18)21)17(22)20-11-9-19(10-12-20)13-5-3-4-6-15(13)23-2/h3-6,14H,7-12H2,1-2H3. The number of likely N-dealkylation sites (tertiary alicyclic amines) is 1. The lowest BCUT2D eigenvalue weighted by Gasteiger charge is -2.38. The molecule has 124 valence electrons. The lowest BCUT2D eigenvalue weighted by molar-refractivity contribution is -0.140. The fourth-order valence-corrected chi connectivity index (χ4v) is 3.36. The Bertz CT molecular complexity index is 597. The first-order valence-electron chi connectivity index (χ1n) is 8.04. The van der Waals surface area contributed by atoms with Crippen molar-refractivity contribution in [1.82, 2.24) is 9.80 Å². The van der Waals surface area contributed by atoms with Gasteiger partial charge in [0, 0.05) is 39.6 Å². The predicted octanol–water partition coefficient (Wildman–Crippen LogP) is 0.965. The van der Waals surface area contributed by atoms with E-state index in [0.717, 1.165) is 24.5 Å². The van der Waals surface area contributed by atoms with Gasteiger partial charge in [-0.25, -0.2) is 0 Å².